The fraction of sp³-hybridized carbons (Fsp3) is 0.455. The van der Waals surface area contributed by atoms with E-state index in [1.807, 2.05) is 17.5 Å². The van der Waals surface area contributed by atoms with Crippen molar-refractivity contribution in [2.45, 2.75) is 22.8 Å². The molecule has 18 heavy (non-hydrogen) atoms. The van der Waals surface area contributed by atoms with Gasteiger partial charge < -0.3 is 15.1 Å². The summed E-state index contributed by atoms with van der Waals surface area (Å²) in [5.74, 6) is -1.09. The number of aliphatic hydroxyl groups excluding tert-OH is 1. The van der Waals surface area contributed by atoms with Gasteiger partial charge in [-0.05, 0) is 11.4 Å². The van der Waals surface area contributed by atoms with E-state index in [0.29, 0.717) is 0 Å². The summed E-state index contributed by atoms with van der Waals surface area (Å²) in [4.78, 5) is 24.2. The SMILES string of the molecule is O=C(O)[C@H]1C[C@@H](O)CN1C(=O)CSc1cccs1. The van der Waals surface area contributed by atoms with Gasteiger partial charge in [0, 0.05) is 13.0 Å². The zero-order chi connectivity index (χ0) is 13.1. The van der Waals surface area contributed by atoms with Gasteiger partial charge in [0.25, 0.3) is 0 Å². The lowest BCUT2D eigenvalue weighted by molar-refractivity contribution is -0.147. The van der Waals surface area contributed by atoms with Crippen LogP contribution in [-0.2, 0) is 9.59 Å². The van der Waals surface area contributed by atoms with Crippen molar-refractivity contribution >= 4 is 35.0 Å². The molecular formula is C11H13NO4S2. The van der Waals surface area contributed by atoms with Crippen LogP contribution in [0.3, 0.4) is 0 Å². The normalized spacial score (nSPS) is 23.3. The highest BCUT2D eigenvalue weighted by atomic mass is 32.2. The van der Waals surface area contributed by atoms with Gasteiger partial charge in [0.2, 0.25) is 5.91 Å². The van der Waals surface area contributed by atoms with Gasteiger partial charge >= 0.3 is 5.97 Å². The molecule has 1 aliphatic heterocycles. The van der Waals surface area contributed by atoms with Gasteiger partial charge in [0.05, 0.1) is 16.1 Å². The van der Waals surface area contributed by atoms with Crippen LogP contribution in [0.2, 0.25) is 0 Å². The Morgan fingerprint density at radius 3 is 2.94 bits per heavy atom. The van der Waals surface area contributed by atoms with Crippen molar-refractivity contribution in [2.24, 2.45) is 0 Å². The number of hydrogen-bond donors (Lipinski definition) is 2. The summed E-state index contributed by atoms with van der Waals surface area (Å²) in [6.07, 6.45) is -0.619. The average molecular weight is 287 g/mol. The number of β-amino-alcohol motifs (C(OH)–C–C–N with tert-alkyl or cyclic N) is 1. The molecule has 0 spiro atoms. The maximum Gasteiger partial charge on any atom is 0.326 e. The number of likely N-dealkylation sites (tertiary alicyclic amines) is 1. The van der Waals surface area contributed by atoms with Crippen molar-refractivity contribution < 1.29 is 19.8 Å². The van der Waals surface area contributed by atoms with E-state index in [9.17, 15) is 14.7 Å². The minimum absolute atomic E-state index is 0.112. The Hall–Kier alpha value is -1.05. The van der Waals surface area contributed by atoms with Crippen molar-refractivity contribution in [3.05, 3.63) is 17.5 Å². The molecule has 0 aliphatic carbocycles. The van der Waals surface area contributed by atoms with E-state index in [2.05, 4.69) is 0 Å². The standard InChI is InChI=1S/C11H13NO4S2/c13-7-4-8(11(15)16)12(5-7)9(14)6-18-10-2-1-3-17-10/h1-3,7-8,13H,4-6H2,(H,15,16)/t7-,8-/m1/s1. The minimum atomic E-state index is -1.05. The molecule has 0 saturated carbocycles. The molecule has 1 amide bonds. The molecule has 2 N–H and O–H groups in total. The molecule has 1 aromatic rings. The molecule has 2 rings (SSSR count). The fourth-order valence-corrected chi connectivity index (χ4v) is 3.56. The first-order chi connectivity index (χ1) is 8.58. The second-order valence-corrected chi connectivity index (χ2v) is 6.23. The number of amides is 1. The summed E-state index contributed by atoms with van der Waals surface area (Å²) in [6.45, 7) is 0.112. The number of carbonyl (C=O) groups is 2. The fourth-order valence-electron chi connectivity index (χ4n) is 1.88. The van der Waals surface area contributed by atoms with Crippen LogP contribution >= 0.6 is 23.1 Å². The second kappa shape index (κ2) is 5.73. The molecule has 98 valence electrons. The van der Waals surface area contributed by atoms with E-state index in [0.717, 1.165) is 4.21 Å². The van der Waals surface area contributed by atoms with Crippen LogP contribution < -0.4 is 0 Å². The van der Waals surface area contributed by atoms with Crippen molar-refractivity contribution in [1.82, 2.24) is 4.90 Å². The largest absolute Gasteiger partial charge is 0.480 e. The van der Waals surface area contributed by atoms with Crippen LogP contribution in [0.15, 0.2) is 21.7 Å². The number of aliphatic hydroxyl groups is 1. The maximum atomic E-state index is 11.9. The topological polar surface area (TPSA) is 77.8 Å². The van der Waals surface area contributed by atoms with Gasteiger partial charge in [-0.25, -0.2) is 4.79 Å². The average Bonchev–Trinajstić information content (AvgIpc) is 2.94. The number of rotatable bonds is 4. The molecule has 1 aliphatic rings. The van der Waals surface area contributed by atoms with E-state index in [-0.39, 0.29) is 24.6 Å². The van der Waals surface area contributed by atoms with Crippen LogP contribution in [0.4, 0.5) is 0 Å². The zero-order valence-electron chi connectivity index (χ0n) is 9.48. The van der Waals surface area contributed by atoms with Crippen LogP contribution in [0.5, 0.6) is 0 Å². The molecule has 1 saturated heterocycles. The van der Waals surface area contributed by atoms with Gasteiger partial charge in [0.1, 0.15) is 6.04 Å². The van der Waals surface area contributed by atoms with Gasteiger partial charge in [-0.1, -0.05) is 6.07 Å². The van der Waals surface area contributed by atoms with Crippen LogP contribution in [0.25, 0.3) is 0 Å². The van der Waals surface area contributed by atoms with E-state index >= 15 is 0 Å². The number of nitrogens with zero attached hydrogens (tertiary/aromatic N) is 1. The minimum Gasteiger partial charge on any atom is -0.480 e. The van der Waals surface area contributed by atoms with Gasteiger partial charge in [-0.3, -0.25) is 4.79 Å². The third-order valence-electron chi connectivity index (χ3n) is 2.72. The van der Waals surface area contributed by atoms with Crippen molar-refractivity contribution in [3.63, 3.8) is 0 Å². The highest BCUT2D eigenvalue weighted by Gasteiger charge is 2.38. The van der Waals surface area contributed by atoms with E-state index in [1.54, 1.807) is 11.3 Å². The van der Waals surface area contributed by atoms with Gasteiger partial charge in [-0.15, -0.1) is 23.1 Å². The Labute approximate surface area is 112 Å². The number of hydrogen-bond acceptors (Lipinski definition) is 5. The molecule has 2 heterocycles. The first-order valence-corrected chi connectivity index (χ1v) is 7.31. The van der Waals surface area contributed by atoms with Crippen LogP contribution in [-0.4, -0.2) is 51.4 Å². The molecular weight excluding hydrogens is 274 g/mol. The lowest BCUT2D eigenvalue weighted by Gasteiger charge is -2.20. The van der Waals surface area contributed by atoms with E-state index in [4.69, 9.17) is 5.11 Å². The maximum absolute atomic E-state index is 11.9. The molecule has 0 aromatic carbocycles. The lowest BCUT2D eigenvalue weighted by Crippen LogP contribution is -2.41. The summed E-state index contributed by atoms with van der Waals surface area (Å²) >= 11 is 2.93. The number of carbonyl (C=O) groups excluding carboxylic acids is 1. The Balaban J connectivity index is 1.93. The third kappa shape index (κ3) is 3.04. The van der Waals surface area contributed by atoms with Gasteiger partial charge in [0.15, 0.2) is 0 Å². The molecule has 7 heteroatoms. The first-order valence-electron chi connectivity index (χ1n) is 5.44. The molecule has 0 bridgehead atoms. The van der Waals surface area contributed by atoms with Crippen LogP contribution in [0, 0.1) is 0 Å². The summed E-state index contributed by atoms with van der Waals surface area (Å²) in [7, 11) is 0. The number of thioether (sulfide) groups is 1. The van der Waals surface area contributed by atoms with E-state index in [1.165, 1.54) is 16.7 Å². The Kier molecular flexibility index (Phi) is 4.26. The van der Waals surface area contributed by atoms with Crippen molar-refractivity contribution in [2.75, 3.05) is 12.3 Å². The molecule has 0 unspecified atom stereocenters. The number of thiophene rings is 1. The quantitative estimate of drug-likeness (QED) is 0.804. The Morgan fingerprint density at radius 2 is 2.33 bits per heavy atom. The zero-order valence-corrected chi connectivity index (χ0v) is 11.1. The van der Waals surface area contributed by atoms with Crippen molar-refractivity contribution in [1.29, 1.82) is 0 Å². The van der Waals surface area contributed by atoms with Crippen LogP contribution in [0.1, 0.15) is 6.42 Å². The summed E-state index contributed by atoms with van der Waals surface area (Å²) in [5.41, 5.74) is 0. The monoisotopic (exact) mass is 287 g/mol. The number of carboxylic acid groups (broad SMARTS) is 1. The predicted molar refractivity (Wildman–Crippen MR) is 68.8 cm³/mol. The molecule has 0 radical (unpaired) electrons. The van der Waals surface area contributed by atoms with Crippen molar-refractivity contribution in [3.8, 4) is 0 Å². The second-order valence-electron chi connectivity index (χ2n) is 4.01. The third-order valence-corrected chi connectivity index (χ3v) is 4.83. The van der Waals surface area contributed by atoms with E-state index < -0.39 is 18.1 Å². The predicted octanol–water partition coefficient (Wildman–Crippen LogP) is 0.887. The lowest BCUT2D eigenvalue weighted by atomic mass is 10.2. The summed E-state index contributed by atoms with van der Waals surface area (Å²) in [6, 6.07) is 2.92. The molecule has 2 atom stereocenters. The summed E-state index contributed by atoms with van der Waals surface area (Å²) < 4.78 is 1.02. The number of aliphatic carboxylic acids is 1. The summed E-state index contributed by atoms with van der Waals surface area (Å²) in [5, 5.41) is 20.4. The Bertz CT molecular complexity index is 434. The number of carboxylic acids is 1. The van der Waals surface area contributed by atoms with Gasteiger partial charge in [-0.2, -0.15) is 0 Å². The first kappa shape index (κ1) is 13.4. The molecule has 1 aromatic heterocycles. The highest BCUT2D eigenvalue weighted by molar-refractivity contribution is 8.01. The molecule has 5 nitrogen and oxygen atoms in total. The smallest absolute Gasteiger partial charge is 0.326 e. The molecule has 1 fully saturated rings. The highest BCUT2D eigenvalue weighted by Crippen LogP contribution is 2.25. The Morgan fingerprint density at radius 1 is 1.56 bits per heavy atom.